The van der Waals surface area contributed by atoms with Gasteiger partial charge in [-0.3, -0.25) is 5.43 Å². The molecule has 1 rings (SSSR count). The maximum absolute atomic E-state index is 5.66. The molecule has 1 aromatic heterocycles. The van der Waals surface area contributed by atoms with E-state index in [9.17, 15) is 0 Å². The second-order valence-corrected chi connectivity index (χ2v) is 2.90. The Kier molecular flexibility index (Phi) is 3.05. The minimum atomic E-state index is 0.462. The van der Waals surface area contributed by atoms with Crippen LogP contribution < -0.4 is 5.43 Å². The van der Waals surface area contributed by atoms with Crippen LogP contribution in [0.2, 0.25) is 5.15 Å². The molecule has 0 unspecified atom stereocenters. The Morgan fingerprint density at radius 3 is 2.83 bits per heavy atom. The zero-order valence-corrected chi connectivity index (χ0v) is 7.76. The Hall–Kier alpha value is -1.09. The number of hydrogen-bond acceptors (Lipinski definition) is 3. The van der Waals surface area contributed by atoms with Gasteiger partial charge in [-0.1, -0.05) is 17.7 Å². The van der Waals surface area contributed by atoms with Gasteiger partial charge in [0, 0.05) is 5.71 Å². The summed E-state index contributed by atoms with van der Waals surface area (Å²) >= 11 is 5.66. The van der Waals surface area contributed by atoms with Crippen molar-refractivity contribution in [2.45, 2.75) is 13.8 Å². The second kappa shape index (κ2) is 4.07. The molecule has 0 aliphatic rings. The molecule has 1 aromatic rings. The van der Waals surface area contributed by atoms with Crippen LogP contribution in [-0.2, 0) is 0 Å². The molecule has 0 fully saturated rings. The average Bonchev–Trinajstić information content (AvgIpc) is 2.01. The lowest BCUT2D eigenvalue weighted by Crippen LogP contribution is -1.94. The van der Waals surface area contributed by atoms with E-state index in [2.05, 4.69) is 15.5 Å². The van der Waals surface area contributed by atoms with Gasteiger partial charge in [-0.25, -0.2) is 4.98 Å². The highest BCUT2D eigenvalue weighted by Gasteiger charge is 1.91. The SMILES string of the molecule is CC(C)=NNc1cccc(Cl)n1. The topological polar surface area (TPSA) is 37.3 Å². The average molecular weight is 184 g/mol. The van der Waals surface area contributed by atoms with Crippen molar-refractivity contribution < 1.29 is 0 Å². The number of hydrazone groups is 1. The molecule has 0 amide bonds. The first-order valence-corrected chi connectivity index (χ1v) is 3.96. The van der Waals surface area contributed by atoms with E-state index in [-0.39, 0.29) is 0 Å². The predicted octanol–water partition coefficient (Wildman–Crippen LogP) is 2.54. The summed E-state index contributed by atoms with van der Waals surface area (Å²) in [6.07, 6.45) is 0. The molecular formula is C8H10ClN3. The predicted molar refractivity (Wildman–Crippen MR) is 51.7 cm³/mol. The zero-order valence-electron chi connectivity index (χ0n) is 7.00. The van der Waals surface area contributed by atoms with E-state index >= 15 is 0 Å². The van der Waals surface area contributed by atoms with Crippen LogP contribution in [0.3, 0.4) is 0 Å². The van der Waals surface area contributed by atoms with Gasteiger partial charge in [0.2, 0.25) is 0 Å². The zero-order chi connectivity index (χ0) is 8.97. The fourth-order valence-electron chi connectivity index (χ4n) is 0.640. The molecule has 0 saturated carbocycles. The number of pyridine rings is 1. The van der Waals surface area contributed by atoms with Gasteiger partial charge in [0.1, 0.15) is 11.0 Å². The van der Waals surface area contributed by atoms with Crippen molar-refractivity contribution in [3.8, 4) is 0 Å². The molecule has 1 heterocycles. The number of rotatable bonds is 2. The summed E-state index contributed by atoms with van der Waals surface area (Å²) in [5.74, 6) is 0.656. The highest BCUT2D eigenvalue weighted by molar-refractivity contribution is 6.29. The summed E-state index contributed by atoms with van der Waals surface area (Å²) in [5.41, 5.74) is 3.72. The van der Waals surface area contributed by atoms with Crippen molar-refractivity contribution in [2.75, 3.05) is 5.43 Å². The third-order valence-corrected chi connectivity index (χ3v) is 1.32. The number of nitrogens with zero attached hydrogens (tertiary/aromatic N) is 2. The van der Waals surface area contributed by atoms with Crippen LogP contribution in [0.15, 0.2) is 23.3 Å². The molecule has 64 valence electrons. The molecular weight excluding hydrogens is 174 g/mol. The van der Waals surface area contributed by atoms with E-state index in [1.165, 1.54) is 0 Å². The van der Waals surface area contributed by atoms with E-state index < -0.39 is 0 Å². The first kappa shape index (κ1) is 9.00. The third kappa shape index (κ3) is 2.88. The van der Waals surface area contributed by atoms with Crippen LogP contribution in [0.4, 0.5) is 5.82 Å². The number of halogens is 1. The van der Waals surface area contributed by atoms with Crippen LogP contribution in [0, 0.1) is 0 Å². The maximum atomic E-state index is 5.66. The number of aromatic nitrogens is 1. The Labute approximate surface area is 76.5 Å². The lowest BCUT2D eigenvalue weighted by atomic mass is 10.5. The maximum Gasteiger partial charge on any atom is 0.147 e. The van der Waals surface area contributed by atoms with Gasteiger partial charge in [0.25, 0.3) is 0 Å². The van der Waals surface area contributed by atoms with E-state index in [0.29, 0.717) is 11.0 Å². The minimum absolute atomic E-state index is 0.462. The largest absolute Gasteiger partial charge is 0.261 e. The van der Waals surface area contributed by atoms with Gasteiger partial charge in [-0.15, -0.1) is 0 Å². The fraction of sp³-hybridized carbons (Fsp3) is 0.250. The molecule has 0 aliphatic carbocycles. The molecule has 0 aromatic carbocycles. The summed E-state index contributed by atoms with van der Waals surface area (Å²) in [7, 11) is 0. The molecule has 12 heavy (non-hydrogen) atoms. The van der Waals surface area contributed by atoms with Gasteiger partial charge >= 0.3 is 0 Å². The highest BCUT2D eigenvalue weighted by Crippen LogP contribution is 2.08. The molecule has 1 N–H and O–H groups in total. The van der Waals surface area contributed by atoms with Gasteiger partial charge in [0.05, 0.1) is 0 Å². The fourth-order valence-corrected chi connectivity index (χ4v) is 0.803. The Balaban J connectivity index is 2.70. The summed E-state index contributed by atoms with van der Waals surface area (Å²) in [6.45, 7) is 3.80. The molecule has 0 bridgehead atoms. The second-order valence-electron chi connectivity index (χ2n) is 2.52. The molecule has 0 aliphatic heterocycles. The lowest BCUT2D eigenvalue weighted by molar-refractivity contribution is 1.22. The van der Waals surface area contributed by atoms with Gasteiger partial charge in [-0.2, -0.15) is 5.10 Å². The van der Waals surface area contributed by atoms with Crippen molar-refractivity contribution >= 4 is 23.1 Å². The summed E-state index contributed by atoms with van der Waals surface area (Å²) in [4.78, 5) is 3.99. The monoisotopic (exact) mass is 183 g/mol. The normalized spacial score (nSPS) is 9.25. The van der Waals surface area contributed by atoms with E-state index in [1.54, 1.807) is 12.1 Å². The molecule has 0 atom stereocenters. The minimum Gasteiger partial charge on any atom is -0.261 e. The Morgan fingerprint density at radius 1 is 1.50 bits per heavy atom. The van der Waals surface area contributed by atoms with Crippen LogP contribution in [0.25, 0.3) is 0 Å². The van der Waals surface area contributed by atoms with Crippen LogP contribution in [-0.4, -0.2) is 10.7 Å². The van der Waals surface area contributed by atoms with E-state index in [1.807, 2.05) is 19.9 Å². The van der Waals surface area contributed by atoms with Crippen molar-refractivity contribution in [3.05, 3.63) is 23.4 Å². The summed E-state index contributed by atoms with van der Waals surface area (Å²) < 4.78 is 0. The molecule has 4 heteroatoms. The highest BCUT2D eigenvalue weighted by atomic mass is 35.5. The first-order valence-electron chi connectivity index (χ1n) is 3.58. The van der Waals surface area contributed by atoms with Crippen LogP contribution >= 0.6 is 11.6 Å². The first-order chi connectivity index (χ1) is 5.68. The van der Waals surface area contributed by atoms with E-state index in [4.69, 9.17) is 11.6 Å². The third-order valence-electron chi connectivity index (χ3n) is 1.11. The van der Waals surface area contributed by atoms with E-state index in [0.717, 1.165) is 5.71 Å². The van der Waals surface area contributed by atoms with Gasteiger partial charge < -0.3 is 0 Å². The van der Waals surface area contributed by atoms with Gasteiger partial charge in [0.15, 0.2) is 0 Å². The summed E-state index contributed by atoms with van der Waals surface area (Å²) in [6, 6.07) is 5.34. The number of hydrogen-bond donors (Lipinski definition) is 1. The quantitative estimate of drug-likeness (QED) is 0.435. The van der Waals surface area contributed by atoms with Crippen LogP contribution in [0.5, 0.6) is 0 Å². The molecule has 0 saturated heterocycles. The number of nitrogens with one attached hydrogen (secondary N) is 1. The molecule has 0 spiro atoms. The van der Waals surface area contributed by atoms with Crippen molar-refractivity contribution in [1.29, 1.82) is 0 Å². The standard InChI is InChI=1S/C8H10ClN3/c1-6(2)11-12-8-5-3-4-7(9)10-8/h3-5H,1-2H3,(H,10,12). The Bertz CT molecular complexity index is 292. The lowest BCUT2D eigenvalue weighted by Gasteiger charge is -1.98. The molecule has 0 radical (unpaired) electrons. The van der Waals surface area contributed by atoms with Crippen molar-refractivity contribution in [1.82, 2.24) is 4.98 Å². The van der Waals surface area contributed by atoms with Crippen LogP contribution in [0.1, 0.15) is 13.8 Å². The summed E-state index contributed by atoms with van der Waals surface area (Å²) in [5, 5.41) is 4.44. The Morgan fingerprint density at radius 2 is 2.25 bits per heavy atom. The number of anilines is 1. The smallest absolute Gasteiger partial charge is 0.147 e. The van der Waals surface area contributed by atoms with Crippen molar-refractivity contribution in [3.63, 3.8) is 0 Å². The van der Waals surface area contributed by atoms with Crippen molar-refractivity contribution in [2.24, 2.45) is 5.10 Å². The molecule has 3 nitrogen and oxygen atoms in total. The van der Waals surface area contributed by atoms with Gasteiger partial charge in [-0.05, 0) is 26.0 Å².